The number of benzene rings is 2. The third kappa shape index (κ3) is 8.87. The lowest BCUT2D eigenvalue weighted by Crippen LogP contribution is -2.55. The lowest BCUT2D eigenvalue weighted by atomic mass is 9.79. The second-order valence-corrected chi connectivity index (χ2v) is 10.9. The fraction of sp³-hybridized carbons (Fsp3) is 0.440. The number of carboxylic acid groups (broad SMARTS) is 1. The zero-order valence-electron chi connectivity index (χ0n) is 20.1. The predicted molar refractivity (Wildman–Crippen MR) is 131 cm³/mol. The Morgan fingerprint density at radius 1 is 1.11 bits per heavy atom. The molecule has 190 valence electrons. The van der Waals surface area contributed by atoms with Crippen LogP contribution >= 0.6 is 0 Å². The van der Waals surface area contributed by atoms with E-state index < -0.39 is 39.7 Å². The van der Waals surface area contributed by atoms with Gasteiger partial charge in [-0.15, -0.1) is 0 Å². The zero-order valence-corrected chi connectivity index (χ0v) is 21.0. The minimum absolute atomic E-state index is 0.0175. The number of sulfonamides is 1. The number of ether oxygens (including phenoxy) is 1. The molecule has 2 rings (SSSR count). The van der Waals surface area contributed by atoms with Crippen molar-refractivity contribution in [3.63, 3.8) is 0 Å². The van der Waals surface area contributed by atoms with Gasteiger partial charge in [0.2, 0.25) is 10.0 Å². The van der Waals surface area contributed by atoms with Gasteiger partial charge in [-0.2, -0.15) is 5.26 Å². The molecule has 0 aliphatic carbocycles. The molecule has 2 aromatic carbocycles. The highest BCUT2D eigenvalue weighted by Crippen LogP contribution is 2.31. The summed E-state index contributed by atoms with van der Waals surface area (Å²) in [5, 5.41) is 32.1. The van der Waals surface area contributed by atoms with Crippen molar-refractivity contribution in [3.05, 3.63) is 60.2 Å². The van der Waals surface area contributed by atoms with E-state index in [0.717, 1.165) is 5.56 Å². The van der Waals surface area contributed by atoms with Crippen LogP contribution < -0.4 is 14.8 Å². The van der Waals surface area contributed by atoms with Crippen molar-refractivity contribution in [2.45, 2.75) is 62.6 Å². The second kappa shape index (κ2) is 12.5. The highest BCUT2D eigenvalue weighted by atomic mass is 32.2. The lowest BCUT2D eigenvalue weighted by Gasteiger charge is -2.35. The molecule has 10 heteroatoms. The normalized spacial score (nSPS) is 14.4. The Labute approximate surface area is 206 Å². The Balaban J connectivity index is 2.39. The molecule has 0 aliphatic rings. The first-order chi connectivity index (χ1) is 16.5. The summed E-state index contributed by atoms with van der Waals surface area (Å²) in [4.78, 5) is 11.5. The third-order valence-electron chi connectivity index (χ3n) is 5.79. The number of aliphatic hydroxyl groups excluding tert-OH is 1. The fourth-order valence-corrected chi connectivity index (χ4v) is 5.16. The van der Waals surface area contributed by atoms with E-state index in [4.69, 9.17) is 10.00 Å². The van der Waals surface area contributed by atoms with Crippen LogP contribution in [0.1, 0.15) is 38.7 Å². The van der Waals surface area contributed by atoms with Crippen LogP contribution in [0, 0.1) is 16.7 Å². The molecule has 9 nitrogen and oxygen atoms in total. The molecule has 0 aromatic heterocycles. The molecule has 0 spiro atoms. The first kappa shape index (κ1) is 28.1. The van der Waals surface area contributed by atoms with Crippen molar-refractivity contribution in [2.24, 2.45) is 5.41 Å². The van der Waals surface area contributed by atoms with Gasteiger partial charge in [0.1, 0.15) is 5.75 Å². The van der Waals surface area contributed by atoms with Crippen LogP contribution in [0.4, 0.5) is 4.79 Å². The van der Waals surface area contributed by atoms with E-state index in [9.17, 15) is 23.4 Å². The number of aliphatic hydroxyl groups is 1. The smallest absolute Gasteiger partial charge is 0.404 e. The molecular formula is C25H33N3O6S. The summed E-state index contributed by atoms with van der Waals surface area (Å²) in [7, 11) is -2.59. The topological polar surface area (TPSA) is 149 Å². The van der Waals surface area contributed by atoms with Gasteiger partial charge in [-0.25, -0.2) is 17.9 Å². The van der Waals surface area contributed by atoms with E-state index >= 15 is 0 Å². The predicted octanol–water partition coefficient (Wildman–Crippen LogP) is 3.30. The van der Waals surface area contributed by atoms with Gasteiger partial charge in [-0.3, -0.25) is 0 Å². The van der Waals surface area contributed by atoms with Gasteiger partial charge in [0, 0.05) is 6.42 Å². The minimum Gasteiger partial charge on any atom is -0.497 e. The maximum atomic E-state index is 13.2. The monoisotopic (exact) mass is 503 g/mol. The largest absolute Gasteiger partial charge is 0.497 e. The van der Waals surface area contributed by atoms with E-state index in [1.807, 2.05) is 19.9 Å². The Morgan fingerprint density at radius 2 is 1.74 bits per heavy atom. The summed E-state index contributed by atoms with van der Waals surface area (Å²) in [5.41, 5.74) is 0.274. The van der Waals surface area contributed by atoms with Gasteiger partial charge in [-0.1, -0.05) is 44.2 Å². The molecule has 4 N–H and O–H groups in total. The van der Waals surface area contributed by atoms with Crippen LogP contribution in [0.25, 0.3) is 0 Å². The molecule has 1 unspecified atom stereocenters. The molecule has 0 bridgehead atoms. The number of hydrogen-bond acceptors (Lipinski definition) is 6. The Bertz CT molecular complexity index is 1100. The van der Waals surface area contributed by atoms with Gasteiger partial charge in [-0.05, 0) is 54.5 Å². The highest BCUT2D eigenvalue weighted by Gasteiger charge is 2.36. The van der Waals surface area contributed by atoms with Crippen molar-refractivity contribution in [2.75, 3.05) is 7.11 Å². The molecule has 0 saturated heterocycles. The van der Waals surface area contributed by atoms with Crippen molar-refractivity contribution in [3.8, 4) is 11.8 Å². The van der Waals surface area contributed by atoms with Crippen molar-refractivity contribution < 1.29 is 28.2 Å². The van der Waals surface area contributed by atoms with Crippen LogP contribution in [-0.4, -0.2) is 50.0 Å². The summed E-state index contributed by atoms with van der Waals surface area (Å²) >= 11 is 0. The molecule has 2 aromatic rings. The van der Waals surface area contributed by atoms with E-state index in [0.29, 0.717) is 12.2 Å². The quantitative estimate of drug-likeness (QED) is 0.328. The zero-order chi connectivity index (χ0) is 26.1. The maximum absolute atomic E-state index is 13.2. The van der Waals surface area contributed by atoms with E-state index in [-0.39, 0.29) is 24.2 Å². The van der Waals surface area contributed by atoms with Gasteiger partial charge < -0.3 is 20.3 Å². The SMILES string of the molecule is COc1ccc(S(=O)(=O)NC(CC(C)(C)CCC#N)[C@H](O)[C@H](Cc2ccccc2)NC(=O)O)cc1. The Hall–Kier alpha value is -3.13. The van der Waals surface area contributed by atoms with Gasteiger partial charge in [0.25, 0.3) is 0 Å². The summed E-state index contributed by atoms with van der Waals surface area (Å²) in [6.07, 6.45) is -1.63. The van der Waals surface area contributed by atoms with E-state index in [2.05, 4.69) is 16.1 Å². The van der Waals surface area contributed by atoms with E-state index in [1.54, 1.807) is 24.3 Å². The minimum atomic E-state index is -4.06. The molecule has 0 fully saturated rings. The molecule has 0 aliphatic heterocycles. The lowest BCUT2D eigenvalue weighted by molar-refractivity contribution is 0.0724. The molecular weight excluding hydrogens is 470 g/mol. The first-order valence-corrected chi connectivity index (χ1v) is 12.7. The first-order valence-electron chi connectivity index (χ1n) is 11.2. The third-order valence-corrected chi connectivity index (χ3v) is 7.30. The number of nitriles is 1. The number of nitrogens with zero attached hydrogens (tertiary/aromatic N) is 1. The average molecular weight is 504 g/mol. The summed E-state index contributed by atoms with van der Waals surface area (Å²) < 4.78 is 34.1. The summed E-state index contributed by atoms with van der Waals surface area (Å²) in [6, 6.07) is 14.9. The second-order valence-electron chi connectivity index (χ2n) is 9.17. The molecule has 0 radical (unpaired) electrons. The number of nitrogens with one attached hydrogen (secondary N) is 2. The molecule has 35 heavy (non-hydrogen) atoms. The van der Waals surface area contributed by atoms with Crippen molar-refractivity contribution in [1.29, 1.82) is 5.26 Å². The van der Waals surface area contributed by atoms with Crippen LogP contribution in [0.15, 0.2) is 59.5 Å². The summed E-state index contributed by atoms with van der Waals surface area (Å²) in [6.45, 7) is 3.76. The molecule has 3 atom stereocenters. The Morgan fingerprint density at radius 3 is 2.29 bits per heavy atom. The fourth-order valence-electron chi connectivity index (χ4n) is 3.91. The maximum Gasteiger partial charge on any atom is 0.404 e. The van der Waals surface area contributed by atoms with Gasteiger partial charge in [0.05, 0.1) is 36.3 Å². The molecule has 1 amide bonds. The number of hydrogen-bond donors (Lipinski definition) is 4. The number of rotatable bonds is 13. The highest BCUT2D eigenvalue weighted by molar-refractivity contribution is 7.89. The van der Waals surface area contributed by atoms with Crippen LogP contribution in [0.2, 0.25) is 0 Å². The van der Waals surface area contributed by atoms with Gasteiger partial charge >= 0.3 is 6.09 Å². The molecule has 0 heterocycles. The van der Waals surface area contributed by atoms with Crippen LogP contribution in [0.3, 0.4) is 0 Å². The average Bonchev–Trinajstić information content (AvgIpc) is 2.81. The summed E-state index contributed by atoms with van der Waals surface area (Å²) in [5.74, 6) is 0.492. The molecule has 0 saturated carbocycles. The van der Waals surface area contributed by atoms with Crippen molar-refractivity contribution in [1.82, 2.24) is 10.0 Å². The number of carbonyl (C=O) groups is 1. The van der Waals surface area contributed by atoms with Gasteiger partial charge in [0.15, 0.2) is 0 Å². The number of amides is 1. The van der Waals surface area contributed by atoms with Crippen molar-refractivity contribution >= 4 is 16.1 Å². The Kier molecular flexibility index (Phi) is 10.1. The van der Waals surface area contributed by atoms with Crippen LogP contribution in [-0.2, 0) is 16.4 Å². The standard InChI is InChI=1S/C25H33N3O6S/c1-25(2,14-7-15-26)17-22(28-35(32,33)20-12-10-19(34-3)11-13-20)23(29)21(27-24(30)31)16-18-8-5-4-6-9-18/h4-6,8-13,21-23,27-29H,7,14,16-17H2,1-3H3,(H,30,31)/t21-,22?,23+/m0/s1. The number of methoxy groups -OCH3 is 1. The van der Waals surface area contributed by atoms with E-state index in [1.165, 1.54) is 31.4 Å². The van der Waals surface area contributed by atoms with Crippen LogP contribution in [0.5, 0.6) is 5.75 Å².